The number of amides is 2. The second-order valence-electron chi connectivity index (χ2n) is 6.96. The molecule has 0 atom stereocenters. The molecule has 0 aliphatic carbocycles. The van der Waals surface area contributed by atoms with Gasteiger partial charge in [-0.05, 0) is 54.6 Å². The van der Waals surface area contributed by atoms with E-state index in [0.29, 0.717) is 12.1 Å². The molecule has 2 aromatic carbocycles. The van der Waals surface area contributed by atoms with Gasteiger partial charge in [0.25, 0.3) is 11.8 Å². The SMILES string of the molecule is O=C(NCCN(C(=O)c1ccco1)c1ccc(F)cc1)c1cc(C(F)(F)F)cc(C(F)(F)F)c1. The molecule has 3 aromatic rings. The highest BCUT2D eigenvalue weighted by Gasteiger charge is 2.37. The largest absolute Gasteiger partial charge is 0.459 e. The highest BCUT2D eigenvalue weighted by atomic mass is 19.4. The van der Waals surface area contributed by atoms with Gasteiger partial charge in [0.2, 0.25) is 0 Å². The van der Waals surface area contributed by atoms with E-state index < -0.39 is 46.7 Å². The molecule has 0 bridgehead atoms. The van der Waals surface area contributed by atoms with Crippen molar-refractivity contribution < 1.29 is 44.7 Å². The van der Waals surface area contributed by atoms with Gasteiger partial charge >= 0.3 is 12.4 Å². The highest BCUT2D eigenvalue weighted by Crippen LogP contribution is 2.36. The van der Waals surface area contributed by atoms with Gasteiger partial charge in [-0.25, -0.2) is 4.39 Å². The molecule has 3 rings (SSSR count). The number of rotatable bonds is 6. The number of hydrogen-bond acceptors (Lipinski definition) is 3. The molecule has 0 saturated carbocycles. The average Bonchev–Trinajstić information content (AvgIpc) is 3.30. The molecule has 0 saturated heterocycles. The third-order valence-electron chi connectivity index (χ3n) is 4.59. The summed E-state index contributed by atoms with van der Waals surface area (Å²) in [7, 11) is 0. The van der Waals surface area contributed by atoms with Gasteiger partial charge in [-0.2, -0.15) is 26.3 Å². The Kier molecular flexibility index (Phi) is 6.99. The van der Waals surface area contributed by atoms with Gasteiger partial charge in [0, 0.05) is 24.3 Å². The van der Waals surface area contributed by atoms with Crippen LogP contribution >= 0.6 is 0 Å². The molecule has 1 heterocycles. The van der Waals surface area contributed by atoms with Gasteiger partial charge in [-0.15, -0.1) is 0 Å². The summed E-state index contributed by atoms with van der Waals surface area (Å²) in [6, 6.07) is 8.04. The number of carbonyl (C=O) groups is 2. The molecule has 0 unspecified atom stereocenters. The molecule has 34 heavy (non-hydrogen) atoms. The molecular formula is C22H15F7N2O3. The fourth-order valence-corrected chi connectivity index (χ4v) is 2.97. The van der Waals surface area contributed by atoms with Crippen molar-refractivity contribution in [3.63, 3.8) is 0 Å². The number of nitrogens with zero attached hydrogens (tertiary/aromatic N) is 1. The van der Waals surface area contributed by atoms with Crippen molar-refractivity contribution in [3.05, 3.63) is 89.1 Å². The van der Waals surface area contributed by atoms with Crippen LogP contribution in [0.4, 0.5) is 36.4 Å². The van der Waals surface area contributed by atoms with E-state index in [1.807, 2.05) is 0 Å². The van der Waals surface area contributed by atoms with E-state index in [0.717, 1.165) is 17.0 Å². The minimum absolute atomic E-state index is 0.0802. The smallest absolute Gasteiger partial charge is 0.416 e. The van der Waals surface area contributed by atoms with E-state index in [2.05, 4.69) is 5.32 Å². The molecule has 2 amide bonds. The van der Waals surface area contributed by atoms with E-state index >= 15 is 0 Å². The topological polar surface area (TPSA) is 62.6 Å². The number of halogens is 7. The first-order chi connectivity index (χ1) is 15.9. The molecule has 12 heteroatoms. The van der Waals surface area contributed by atoms with Crippen molar-refractivity contribution in [3.8, 4) is 0 Å². The first-order valence-corrected chi connectivity index (χ1v) is 9.55. The number of alkyl halides is 6. The van der Waals surface area contributed by atoms with Crippen LogP contribution in [-0.4, -0.2) is 24.9 Å². The Morgan fingerprint density at radius 3 is 1.97 bits per heavy atom. The predicted molar refractivity (Wildman–Crippen MR) is 106 cm³/mol. The third-order valence-corrected chi connectivity index (χ3v) is 4.59. The standard InChI is InChI=1S/C22H15F7N2O3/c23-16-3-5-17(6-4-16)31(20(33)18-2-1-9-34-18)8-7-30-19(32)13-10-14(21(24,25)26)12-15(11-13)22(27,28)29/h1-6,9-12H,7-8H2,(H,30,32). The summed E-state index contributed by atoms with van der Waals surface area (Å²) in [5, 5.41) is 2.20. The lowest BCUT2D eigenvalue weighted by atomic mass is 10.0. The van der Waals surface area contributed by atoms with Crippen molar-refractivity contribution in [2.45, 2.75) is 12.4 Å². The molecule has 0 aliphatic rings. The summed E-state index contributed by atoms with van der Waals surface area (Å²) < 4.78 is 96.4. The zero-order valence-corrected chi connectivity index (χ0v) is 17.0. The quantitative estimate of drug-likeness (QED) is 0.464. The maximum Gasteiger partial charge on any atom is 0.416 e. The second kappa shape index (κ2) is 9.57. The normalized spacial score (nSPS) is 11.9. The zero-order valence-electron chi connectivity index (χ0n) is 17.0. The Labute approximate surface area is 187 Å². The maximum absolute atomic E-state index is 13.3. The van der Waals surface area contributed by atoms with Crippen LogP contribution in [0.3, 0.4) is 0 Å². The van der Waals surface area contributed by atoms with Crippen molar-refractivity contribution in [2.24, 2.45) is 0 Å². The van der Waals surface area contributed by atoms with E-state index in [1.54, 1.807) is 0 Å². The number of benzene rings is 2. The number of carbonyl (C=O) groups excluding carboxylic acids is 2. The fourth-order valence-electron chi connectivity index (χ4n) is 2.97. The van der Waals surface area contributed by atoms with Crippen molar-refractivity contribution in [1.82, 2.24) is 5.32 Å². The van der Waals surface area contributed by atoms with Crippen LogP contribution in [0.2, 0.25) is 0 Å². The minimum Gasteiger partial charge on any atom is -0.459 e. The van der Waals surface area contributed by atoms with Crippen molar-refractivity contribution in [2.75, 3.05) is 18.0 Å². The van der Waals surface area contributed by atoms with Crippen molar-refractivity contribution >= 4 is 17.5 Å². The molecule has 0 spiro atoms. The molecule has 1 N–H and O–H groups in total. The minimum atomic E-state index is -5.11. The molecule has 0 aliphatic heterocycles. The van der Waals surface area contributed by atoms with Crippen LogP contribution in [0.1, 0.15) is 32.0 Å². The average molecular weight is 488 g/mol. The number of nitrogens with one attached hydrogen (secondary N) is 1. The lowest BCUT2D eigenvalue weighted by molar-refractivity contribution is -0.143. The Bertz CT molecular complexity index is 1120. The summed E-state index contributed by atoms with van der Waals surface area (Å²) >= 11 is 0. The second-order valence-corrected chi connectivity index (χ2v) is 6.96. The zero-order chi connectivity index (χ0) is 25.1. The Morgan fingerprint density at radius 1 is 0.882 bits per heavy atom. The molecule has 1 aromatic heterocycles. The Hall–Kier alpha value is -3.83. The summed E-state index contributed by atoms with van der Waals surface area (Å²) in [5.74, 6) is -2.53. The van der Waals surface area contributed by atoms with Crippen LogP contribution in [0.5, 0.6) is 0 Å². The van der Waals surface area contributed by atoms with Crippen LogP contribution in [0, 0.1) is 5.82 Å². The van der Waals surface area contributed by atoms with E-state index in [-0.39, 0.29) is 30.6 Å². The van der Waals surface area contributed by atoms with Crippen LogP contribution in [0.25, 0.3) is 0 Å². The van der Waals surface area contributed by atoms with Gasteiger partial charge in [0.15, 0.2) is 5.76 Å². The van der Waals surface area contributed by atoms with Crippen LogP contribution < -0.4 is 10.2 Å². The number of anilines is 1. The summed E-state index contributed by atoms with van der Waals surface area (Å²) in [6.07, 6.45) is -8.97. The Balaban J connectivity index is 1.79. The van der Waals surface area contributed by atoms with Gasteiger partial charge in [0.05, 0.1) is 17.4 Å². The molecule has 180 valence electrons. The molecule has 5 nitrogen and oxygen atoms in total. The number of furan rings is 1. The van der Waals surface area contributed by atoms with E-state index in [9.17, 15) is 40.3 Å². The van der Waals surface area contributed by atoms with Gasteiger partial charge < -0.3 is 14.6 Å². The lowest BCUT2D eigenvalue weighted by Gasteiger charge is -2.22. The molecule has 0 radical (unpaired) electrons. The monoisotopic (exact) mass is 488 g/mol. The van der Waals surface area contributed by atoms with Gasteiger partial charge in [0.1, 0.15) is 5.82 Å². The van der Waals surface area contributed by atoms with Crippen LogP contribution in [-0.2, 0) is 12.4 Å². The highest BCUT2D eigenvalue weighted by molar-refractivity contribution is 6.04. The summed E-state index contributed by atoms with van der Waals surface area (Å²) in [5.41, 5.74) is -3.90. The van der Waals surface area contributed by atoms with E-state index in [4.69, 9.17) is 4.42 Å². The summed E-state index contributed by atoms with van der Waals surface area (Å²) in [6.45, 7) is -0.595. The Morgan fingerprint density at radius 2 is 1.47 bits per heavy atom. The number of hydrogen-bond donors (Lipinski definition) is 1. The van der Waals surface area contributed by atoms with E-state index in [1.165, 1.54) is 30.5 Å². The molecular weight excluding hydrogens is 473 g/mol. The third kappa shape index (κ3) is 5.94. The maximum atomic E-state index is 13.3. The van der Waals surface area contributed by atoms with Gasteiger partial charge in [-0.3, -0.25) is 9.59 Å². The first-order valence-electron chi connectivity index (χ1n) is 9.55. The van der Waals surface area contributed by atoms with Crippen LogP contribution in [0.15, 0.2) is 65.3 Å². The lowest BCUT2D eigenvalue weighted by Crippen LogP contribution is -2.38. The first kappa shape index (κ1) is 24.8. The van der Waals surface area contributed by atoms with Gasteiger partial charge in [-0.1, -0.05) is 0 Å². The predicted octanol–water partition coefficient (Wildman–Crippen LogP) is 5.53. The fraction of sp³-hybridized carbons (Fsp3) is 0.182. The molecule has 0 fully saturated rings. The van der Waals surface area contributed by atoms with Crippen molar-refractivity contribution in [1.29, 1.82) is 0 Å². The summed E-state index contributed by atoms with van der Waals surface area (Å²) in [4.78, 5) is 26.2.